The molecule has 2 atom stereocenters. The number of nitrogens with one attached hydrogen (secondary N) is 1. The highest BCUT2D eigenvalue weighted by Gasteiger charge is 2.36. The van der Waals surface area contributed by atoms with Crippen LogP contribution in [-0.4, -0.2) is 67.0 Å². The summed E-state index contributed by atoms with van der Waals surface area (Å²) in [6.45, 7) is 8.25. The molecule has 2 bridgehead atoms. The van der Waals surface area contributed by atoms with Gasteiger partial charge >= 0.3 is 0 Å². The van der Waals surface area contributed by atoms with Crippen LogP contribution >= 0.6 is 0 Å². The Hall–Kier alpha value is -2.64. The van der Waals surface area contributed by atoms with Crippen molar-refractivity contribution in [1.29, 1.82) is 0 Å². The lowest BCUT2D eigenvalue weighted by Crippen LogP contribution is -2.44. The van der Waals surface area contributed by atoms with Gasteiger partial charge in [0.05, 0.1) is 37.3 Å². The number of hydrogen-bond donors (Lipinski definition) is 1. The molecule has 1 N–H and O–H groups in total. The quantitative estimate of drug-likeness (QED) is 0.790. The molecule has 2 fully saturated rings. The maximum absolute atomic E-state index is 13.6. The van der Waals surface area contributed by atoms with Gasteiger partial charge in [0.1, 0.15) is 11.5 Å². The van der Waals surface area contributed by atoms with Gasteiger partial charge in [-0.25, -0.2) is 0 Å². The fraction of sp³-hybridized carbons (Fsp3) is 0.478. The minimum absolute atomic E-state index is 0.0366. The van der Waals surface area contributed by atoms with E-state index in [4.69, 9.17) is 9.15 Å². The highest BCUT2D eigenvalue weighted by atomic mass is 16.5. The van der Waals surface area contributed by atoms with Crippen molar-refractivity contribution in [3.05, 3.63) is 47.7 Å². The van der Waals surface area contributed by atoms with Crippen LogP contribution in [0.25, 0.3) is 11.3 Å². The third kappa shape index (κ3) is 4.27. The van der Waals surface area contributed by atoms with Crippen molar-refractivity contribution in [2.45, 2.75) is 26.4 Å². The molecule has 2 aliphatic rings. The number of furan rings is 1. The molecule has 2 aliphatic heterocycles. The Labute approximate surface area is 177 Å². The summed E-state index contributed by atoms with van der Waals surface area (Å²) in [6, 6.07) is 11.4. The summed E-state index contributed by atoms with van der Waals surface area (Å²) in [5.74, 6) is 0.882. The van der Waals surface area contributed by atoms with Crippen LogP contribution in [-0.2, 0) is 16.1 Å². The summed E-state index contributed by atoms with van der Waals surface area (Å²) in [5.41, 5.74) is 1.43. The van der Waals surface area contributed by atoms with Gasteiger partial charge in [0, 0.05) is 18.7 Å². The highest BCUT2D eigenvalue weighted by Crippen LogP contribution is 2.30. The lowest BCUT2D eigenvalue weighted by Gasteiger charge is -2.27. The Morgan fingerprint density at radius 3 is 2.67 bits per heavy atom. The Kier molecular flexibility index (Phi) is 6.20. The zero-order valence-electron chi connectivity index (χ0n) is 17.6. The van der Waals surface area contributed by atoms with Crippen LogP contribution < -0.4 is 5.32 Å². The number of carbonyl (C=O) groups excluding carboxylic acids is 2. The van der Waals surface area contributed by atoms with Gasteiger partial charge in [-0.15, -0.1) is 0 Å². The first-order chi connectivity index (χ1) is 14.6. The fourth-order valence-corrected chi connectivity index (χ4v) is 4.12. The van der Waals surface area contributed by atoms with Gasteiger partial charge in [0.15, 0.2) is 0 Å². The number of nitrogens with zero attached hydrogens (tertiary/aromatic N) is 2. The Morgan fingerprint density at radius 1 is 1.17 bits per heavy atom. The zero-order chi connectivity index (χ0) is 21.1. The third-order valence-electron chi connectivity index (χ3n) is 5.85. The molecular formula is C23H29N3O4. The molecule has 4 rings (SSSR count). The summed E-state index contributed by atoms with van der Waals surface area (Å²) in [7, 11) is 0. The van der Waals surface area contributed by atoms with Crippen molar-refractivity contribution in [3.63, 3.8) is 0 Å². The number of hydrogen-bond acceptors (Lipinski definition) is 5. The lowest BCUT2D eigenvalue weighted by atomic mass is 10.1. The molecule has 2 saturated heterocycles. The molecule has 0 saturated carbocycles. The predicted octanol–water partition coefficient (Wildman–Crippen LogP) is 2.38. The second-order valence-corrected chi connectivity index (χ2v) is 7.93. The molecular weight excluding hydrogens is 382 g/mol. The molecule has 0 aliphatic carbocycles. The van der Waals surface area contributed by atoms with Gasteiger partial charge < -0.3 is 19.4 Å². The minimum Gasteiger partial charge on any atom is -0.459 e. The van der Waals surface area contributed by atoms with Crippen LogP contribution in [0.15, 0.2) is 40.8 Å². The van der Waals surface area contributed by atoms with E-state index in [9.17, 15) is 9.59 Å². The maximum atomic E-state index is 13.6. The highest BCUT2D eigenvalue weighted by molar-refractivity contribution is 6.00. The Bertz CT molecular complexity index is 891. The van der Waals surface area contributed by atoms with Crippen LogP contribution in [0.1, 0.15) is 30.0 Å². The summed E-state index contributed by atoms with van der Waals surface area (Å²) in [5, 5.41) is 2.98. The van der Waals surface area contributed by atoms with Crippen molar-refractivity contribution in [2.24, 2.45) is 5.92 Å². The molecule has 1 aromatic heterocycles. The molecule has 30 heavy (non-hydrogen) atoms. The van der Waals surface area contributed by atoms with E-state index in [1.54, 1.807) is 4.90 Å². The molecule has 7 nitrogen and oxygen atoms in total. The zero-order valence-corrected chi connectivity index (χ0v) is 17.6. The largest absolute Gasteiger partial charge is 0.459 e. The van der Waals surface area contributed by atoms with Crippen LogP contribution in [0.2, 0.25) is 0 Å². The van der Waals surface area contributed by atoms with E-state index in [2.05, 4.69) is 24.1 Å². The van der Waals surface area contributed by atoms with E-state index in [-0.39, 0.29) is 23.8 Å². The average molecular weight is 412 g/mol. The van der Waals surface area contributed by atoms with E-state index in [1.165, 1.54) is 0 Å². The Morgan fingerprint density at radius 2 is 1.93 bits per heavy atom. The lowest BCUT2D eigenvalue weighted by molar-refractivity contribution is -0.125. The first kappa shape index (κ1) is 20.6. The maximum Gasteiger partial charge on any atom is 0.257 e. The van der Waals surface area contributed by atoms with Crippen molar-refractivity contribution in [2.75, 3.05) is 39.4 Å². The number of rotatable bonds is 6. The van der Waals surface area contributed by atoms with Gasteiger partial charge in [-0.1, -0.05) is 44.2 Å². The summed E-state index contributed by atoms with van der Waals surface area (Å²) >= 11 is 0. The Balaban J connectivity index is 1.67. The normalized spacial score (nSPS) is 21.4. The van der Waals surface area contributed by atoms with Crippen LogP contribution in [0.4, 0.5) is 0 Å². The second-order valence-electron chi connectivity index (χ2n) is 7.93. The molecule has 0 spiro atoms. The van der Waals surface area contributed by atoms with E-state index in [0.717, 1.165) is 24.4 Å². The van der Waals surface area contributed by atoms with Gasteiger partial charge in [-0.2, -0.15) is 0 Å². The van der Waals surface area contributed by atoms with E-state index < -0.39 is 0 Å². The second kappa shape index (κ2) is 9.02. The van der Waals surface area contributed by atoms with Crippen molar-refractivity contribution < 1.29 is 18.7 Å². The predicted molar refractivity (Wildman–Crippen MR) is 113 cm³/mol. The van der Waals surface area contributed by atoms with Gasteiger partial charge in [0.2, 0.25) is 5.91 Å². The first-order valence-corrected chi connectivity index (χ1v) is 10.7. The third-order valence-corrected chi connectivity index (χ3v) is 5.85. The summed E-state index contributed by atoms with van der Waals surface area (Å²) in [4.78, 5) is 29.9. The topological polar surface area (TPSA) is 75.0 Å². The summed E-state index contributed by atoms with van der Waals surface area (Å²) < 4.78 is 11.8. The summed E-state index contributed by atoms with van der Waals surface area (Å²) in [6.07, 6.45) is 0. The monoisotopic (exact) mass is 411 g/mol. The first-order valence-electron chi connectivity index (χ1n) is 10.7. The average Bonchev–Trinajstić information content (AvgIpc) is 3.00. The van der Waals surface area contributed by atoms with Gasteiger partial charge in [-0.3, -0.25) is 14.5 Å². The number of amides is 2. The van der Waals surface area contributed by atoms with Crippen LogP contribution in [0.3, 0.4) is 0 Å². The molecule has 0 unspecified atom stereocenters. The molecule has 2 amide bonds. The number of benzene rings is 1. The number of ether oxygens (including phenoxy) is 1. The van der Waals surface area contributed by atoms with Gasteiger partial charge in [0.25, 0.3) is 5.91 Å². The number of fused-ring (bicyclic) bond motifs is 3. The molecule has 3 heterocycles. The minimum atomic E-state index is -0.344. The standard InChI is InChI=1S/C23H29N3O4/c1-3-25(4-2)13-19-10-20(21(30-19)16-8-6-5-7-9-16)23(28)26-11-17-14-29-15-18(12-26)24-22(17)27/h5-10,17-18H,3-4,11-15H2,1-2H3,(H,24,27)/t17-,18+/m1/s1. The number of carbonyl (C=O) groups is 2. The van der Waals surface area contributed by atoms with Crippen LogP contribution in [0.5, 0.6) is 0 Å². The van der Waals surface area contributed by atoms with Crippen molar-refractivity contribution in [1.82, 2.24) is 15.1 Å². The van der Waals surface area contributed by atoms with Crippen molar-refractivity contribution in [3.8, 4) is 11.3 Å². The molecule has 1 aromatic carbocycles. The SMILES string of the molecule is CCN(CC)Cc1cc(C(=O)N2C[C@H]3COC[C@@H](C2)C(=O)N3)c(-c2ccccc2)o1. The van der Waals surface area contributed by atoms with E-state index in [0.29, 0.717) is 44.2 Å². The smallest absolute Gasteiger partial charge is 0.257 e. The molecule has 160 valence electrons. The van der Waals surface area contributed by atoms with Gasteiger partial charge in [-0.05, 0) is 19.2 Å². The fourth-order valence-electron chi connectivity index (χ4n) is 4.12. The van der Waals surface area contributed by atoms with Crippen molar-refractivity contribution >= 4 is 11.8 Å². The van der Waals surface area contributed by atoms with E-state index >= 15 is 0 Å². The van der Waals surface area contributed by atoms with Crippen LogP contribution in [0, 0.1) is 5.92 Å². The van der Waals surface area contributed by atoms with E-state index in [1.807, 2.05) is 36.4 Å². The molecule has 2 aromatic rings. The molecule has 7 heteroatoms. The molecule has 0 radical (unpaired) electrons.